The number of nitrogens with one attached hydrogen (secondary N) is 2. The quantitative estimate of drug-likeness (QED) is 0.702. The van der Waals surface area contributed by atoms with Crippen molar-refractivity contribution in [2.45, 2.75) is 38.3 Å². The van der Waals surface area contributed by atoms with Gasteiger partial charge in [0.05, 0.1) is 12.1 Å². The maximum absolute atomic E-state index is 13.9. The predicted molar refractivity (Wildman–Crippen MR) is 106 cm³/mol. The number of carbonyl (C=O) groups excluding carboxylic acids is 3. The fourth-order valence-corrected chi connectivity index (χ4v) is 3.91. The monoisotopic (exact) mass is 426 g/mol. The van der Waals surface area contributed by atoms with Crippen LogP contribution in [0.15, 0.2) is 12.1 Å². The van der Waals surface area contributed by atoms with Gasteiger partial charge in [0.15, 0.2) is 11.6 Å². The normalized spacial score (nSPS) is 24.4. The molecule has 2 atom stereocenters. The molecule has 8 nitrogen and oxygen atoms in total. The first-order valence-electron chi connectivity index (χ1n) is 9.35. The molecule has 158 valence electrons. The average molecular weight is 427 g/mol. The minimum Gasteiger partial charge on any atom is -0.494 e. The number of anilines is 1. The van der Waals surface area contributed by atoms with E-state index in [-0.39, 0.29) is 35.6 Å². The zero-order chi connectivity index (χ0) is 21.3. The van der Waals surface area contributed by atoms with Crippen LogP contribution in [0.3, 0.4) is 0 Å². The minimum atomic E-state index is -1.07. The second-order valence-electron chi connectivity index (χ2n) is 7.57. The Kier molecular flexibility index (Phi) is 5.88. The number of carbonyl (C=O) groups is 3. The van der Waals surface area contributed by atoms with Gasteiger partial charge in [-0.15, -0.1) is 0 Å². The summed E-state index contributed by atoms with van der Waals surface area (Å²) < 4.78 is 19.0. The van der Waals surface area contributed by atoms with Crippen LogP contribution in [0.2, 0.25) is 5.02 Å². The van der Waals surface area contributed by atoms with Crippen molar-refractivity contribution in [1.82, 2.24) is 15.5 Å². The van der Waals surface area contributed by atoms with Crippen LogP contribution < -0.4 is 20.3 Å². The van der Waals surface area contributed by atoms with E-state index in [1.807, 2.05) is 11.8 Å². The highest BCUT2D eigenvalue weighted by Crippen LogP contribution is 2.33. The molecule has 0 aromatic heterocycles. The van der Waals surface area contributed by atoms with Crippen LogP contribution in [0.25, 0.3) is 0 Å². The molecule has 2 aliphatic heterocycles. The molecule has 0 bridgehead atoms. The van der Waals surface area contributed by atoms with Gasteiger partial charge in [-0.3, -0.25) is 14.9 Å². The lowest BCUT2D eigenvalue weighted by molar-refractivity contribution is -0.132. The highest BCUT2D eigenvalue weighted by molar-refractivity contribution is 6.31. The van der Waals surface area contributed by atoms with Gasteiger partial charge in [-0.25, -0.2) is 9.18 Å². The standard InChI is InChI=1S/C19H24ClFN4O4/c1-11-10-24(15(26)4-5-19(2)17(27)22-18(28)23-19)6-7-25(11)12-8-13(20)16(21)14(9-12)29-3/h8-9,11H,4-7,10H2,1-3H3,(H2,22,23,27,28)/t11-,19+/m0/s1. The molecule has 3 rings (SSSR count). The zero-order valence-corrected chi connectivity index (χ0v) is 17.3. The van der Waals surface area contributed by atoms with Crippen LogP contribution >= 0.6 is 11.6 Å². The minimum absolute atomic E-state index is 0.0183. The highest BCUT2D eigenvalue weighted by atomic mass is 35.5. The Bertz CT molecular complexity index is 852. The number of urea groups is 1. The lowest BCUT2D eigenvalue weighted by atomic mass is 9.95. The summed E-state index contributed by atoms with van der Waals surface area (Å²) in [7, 11) is 1.38. The van der Waals surface area contributed by atoms with Crippen molar-refractivity contribution in [3.63, 3.8) is 0 Å². The van der Waals surface area contributed by atoms with Crippen LogP contribution in [-0.2, 0) is 9.59 Å². The lowest BCUT2D eigenvalue weighted by Crippen LogP contribution is -2.54. The smallest absolute Gasteiger partial charge is 0.322 e. The van der Waals surface area contributed by atoms with Crippen LogP contribution in [0, 0.1) is 5.82 Å². The first-order valence-corrected chi connectivity index (χ1v) is 9.73. The number of imide groups is 1. The van der Waals surface area contributed by atoms with Crippen LogP contribution in [0.5, 0.6) is 5.75 Å². The van der Waals surface area contributed by atoms with Crippen molar-refractivity contribution in [3.8, 4) is 5.75 Å². The van der Waals surface area contributed by atoms with Gasteiger partial charge in [0.1, 0.15) is 5.54 Å². The zero-order valence-electron chi connectivity index (χ0n) is 16.6. The van der Waals surface area contributed by atoms with E-state index in [1.54, 1.807) is 24.0 Å². The van der Waals surface area contributed by atoms with Crippen LogP contribution in [0.4, 0.5) is 14.9 Å². The summed E-state index contributed by atoms with van der Waals surface area (Å²) in [5, 5.41) is 4.74. The summed E-state index contributed by atoms with van der Waals surface area (Å²) in [4.78, 5) is 39.6. The summed E-state index contributed by atoms with van der Waals surface area (Å²) in [5.74, 6) is -1.03. The van der Waals surface area contributed by atoms with E-state index in [9.17, 15) is 18.8 Å². The Balaban J connectivity index is 1.61. The van der Waals surface area contributed by atoms with E-state index in [4.69, 9.17) is 16.3 Å². The van der Waals surface area contributed by atoms with E-state index in [0.717, 1.165) is 5.69 Å². The summed E-state index contributed by atoms with van der Waals surface area (Å²) in [6.45, 7) is 5.08. The number of methoxy groups -OCH3 is 1. The van der Waals surface area contributed by atoms with E-state index in [0.29, 0.717) is 19.6 Å². The molecule has 1 aromatic rings. The molecule has 0 radical (unpaired) electrons. The molecule has 2 aliphatic rings. The molecular formula is C19H24ClFN4O4. The number of rotatable bonds is 5. The number of amides is 4. The Morgan fingerprint density at radius 1 is 1.38 bits per heavy atom. The van der Waals surface area contributed by atoms with Crippen molar-refractivity contribution < 1.29 is 23.5 Å². The van der Waals surface area contributed by atoms with Gasteiger partial charge in [-0.05, 0) is 26.3 Å². The fraction of sp³-hybridized carbons (Fsp3) is 0.526. The molecule has 2 N–H and O–H groups in total. The largest absolute Gasteiger partial charge is 0.494 e. The van der Waals surface area contributed by atoms with Gasteiger partial charge in [0.2, 0.25) is 5.91 Å². The number of benzene rings is 1. The number of ether oxygens (including phenoxy) is 1. The Morgan fingerprint density at radius 3 is 2.69 bits per heavy atom. The van der Waals surface area contributed by atoms with Gasteiger partial charge in [-0.1, -0.05) is 11.6 Å². The summed E-state index contributed by atoms with van der Waals surface area (Å²) in [6, 6.07) is 2.58. The second kappa shape index (κ2) is 8.06. The van der Waals surface area contributed by atoms with Crippen molar-refractivity contribution in [2.75, 3.05) is 31.6 Å². The predicted octanol–water partition coefficient (Wildman–Crippen LogP) is 1.90. The molecule has 0 aliphatic carbocycles. The highest BCUT2D eigenvalue weighted by Gasteiger charge is 2.42. The number of halogens is 2. The third-order valence-corrected chi connectivity index (χ3v) is 5.74. The molecule has 0 spiro atoms. The van der Waals surface area contributed by atoms with Crippen molar-refractivity contribution in [3.05, 3.63) is 23.0 Å². The number of hydrogen-bond donors (Lipinski definition) is 2. The summed E-state index contributed by atoms with van der Waals surface area (Å²) in [6.07, 6.45) is 0.371. The summed E-state index contributed by atoms with van der Waals surface area (Å²) in [5.41, 5.74) is -0.340. The molecule has 2 saturated heterocycles. The first kappa shape index (κ1) is 21.2. The molecule has 0 unspecified atom stereocenters. The first-order chi connectivity index (χ1) is 13.6. The number of nitrogens with zero attached hydrogens (tertiary/aromatic N) is 2. The maximum Gasteiger partial charge on any atom is 0.322 e. The van der Waals surface area contributed by atoms with Gasteiger partial charge < -0.3 is 19.9 Å². The molecule has 1 aromatic carbocycles. The van der Waals surface area contributed by atoms with E-state index in [1.165, 1.54) is 7.11 Å². The number of hydrogen-bond acceptors (Lipinski definition) is 5. The Hall–Kier alpha value is -2.55. The van der Waals surface area contributed by atoms with E-state index < -0.39 is 23.3 Å². The molecular weight excluding hydrogens is 403 g/mol. The third-order valence-electron chi connectivity index (χ3n) is 5.47. The SMILES string of the molecule is COc1cc(N2CCN(C(=O)CC[C@@]3(C)NC(=O)NC3=O)C[C@@H]2C)cc(Cl)c1F. The van der Waals surface area contributed by atoms with E-state index >= 15 is 0 Å². The third kappa shape index (κ3) is 4.24. The molecule has 2 fully saturated rings. The van der Waals surface area contributed by atoms with Crippen LogP contribution in [0.1, 0.15) is 26.7 Å². The molecule has 10 heteroatoms. The average Bonchev–Trinajstić information content (AvgIpc) is 2.93. The van der Waals surface area contributed by atoms with Crippen molar-refractivity contribution in [1.29, 1.82) is 0 Å². The topological polar surface area (TPSA) is 91.0 Å². The molecule has 0 saturated carbocycles. The molecule has 4 amide bonds. The van der Waals surface area contributed by atoms with Crippen molar-refractivity contribution >= 4 is 35.1 Å². The van der Waals surface area contributed by atoms with Crippen molar-refractivity contribution in [2.24, 2.45) is 0 Å². The number of piperazine rings is 1. The van der Waals surface area contributed by atoms with Crippen LogP contribution in [-0.4, -0.2) is 61.1 Å². The maximum atomic E-state index is 13.9. The second-order valence-corrected chi connectivity index (χ2v) is 7.97. The van der Waals surface area contributed by atoms with Gasteiger partial charge >= 0.3 is 6.03 Å². The van der Waals surface area contributed by atoms with E-state index in [2.05, 4.69) is 10.6 Å². The van der Waals surface area contributed by atoms with Gasteiger partial charge in [0.25, 0.3) is 5.91 Å². The Labute approximate surface area is 173 Å². The molecule has 2 heterocycles. The fourth-order valence-electron chi connectivity index (χ4n) is 3.70. The Morgan fingerprint density at radius 2 is 2.10 bits per heavy atom. The lowest BCUT2D eigenvalue weighted by Gasteiger charge is -2.41. The summed E-state index contributed by atoms with van der Waals surface area (Å²) >= 11 is 5.97. The van der Waals surface area contributed by atoms with Gasteiger partial charge in [-0.2, -0.15) is 0 Å². The molecule has 29 heavy (non-hydrogen) atoms. The van der Waals surface area contributed by atoms with Gasteiger partial charge in [0, 0.05) is 43.9 Å².